The number of hydrogen-bond donors (Lipinski definition) is 2. The van der Waals surface area contributed by atoms with Crippen molar-refractivity contribution in [1.82, 2.24) is 15.2 Å². The number of nitrogen functional groups attached to an aromatic ring is 1. The van der Waals surface area contributed by atoms with Crippen LogP contribution in [0.3, 0.4) is 0 Å². The molecule has 1 aromatic heterocycles. The Bertz CT molecular complexity index is 475. The number of hydrogen-bond acceptors (Lipinski definition) is 6. The van der Waals surface area contributed by atoms with Gasteiger partial charge in [-0.25, -0.2) is 0 Å². The van der Waals surface area contributed by atoms with E-state index in [1.54, 1.807) is 0 Å². The van der Waals surface area contributed by atoms with Gasteiger partial charge in [0.05, 0.1) is 0 Å². The molecule has 1 saturated heterocycles. The molecule has 106 valence electrons. The molecular weight excluding hydrogens is 287 g/mol. The highest BCUT2D eigenvalue weighted by Crippen LogP contribution is 2.38. The smallest absolute Gasteiger partial charge is 0.381 e. The predicted molar refractivity (Wildman–Crippen MR) is 61.7 cm³/mol. The van der Waals surface area contributed by atoms with Crippen LogP contribution in [0.4, 0.5) is 24.9 Å². The molecule has 0 amide bonds. The minimum atomic E-state index is -4.64. The molecule has 6 nitrogen and oxygen atoms in total. The van der Waals surface area contributed by atoms with Gasteiger partial charge in [-0.2, -0.15) is 18.2 Å². The van der Waals surface area contributed by atoms with Gasteiger partial charge >= 0.3 is 6.18 Å². The van der Waals surface area contributed by atoms with Crippen LogP contribution < -0.4 is 10.6 Å². The van der Waals surface area contributed by atoms with Crippen molar-refractivity contribution in [3.05, 3.63) is 5.15 Å². The number of alkyl halides is 3. The SMILES string of the molecule is Nc1nc(N2CCC(O)(C(F)(F)F)CC2)nnc1Cl. The minimum absolute atomic E-state index is 0.0386. The summed E-state index contributed by atoms with van der Waals surface area (Å²) >= 11 is 5.56. The van der Waals surface area contributed by atoms with E-state index in [2.05, 4.69) is 15.2 Å². The highest BCUT2D eigenvalue weighted by atomic mass is 35.5. The van der Waals surface area contributed by atoms with Crippen LogP contribution in [0.2, 0.25) is 5.15 Å². The summed E-state index contributed by atoms with van der Waals surface area (Å²) in [6, 6.07) is 0. The largest absolute Gasteiger partial charge is 0.417 e. The number of anilines is 2. The van der Waals surface area contributed by atoms with Crippen LogP contribution in [0.15, 0.2) is 0 Å². The van der Waals surface area contributed by atoms with Crippen LogP contribution in [0.1, 0.15) is 12.8 Å². The van der Waals surface area contributed by atoms with Gasteiger partial charge in [0, 0.05) is 25.9 Å². The lowest BCUT2D eigenvalue weighted by atomic mass is 9.91. The zero-order chi connectivity index (χ0) is 14.3. The molecule has 3 N–H and O–H groups in total. The van der Waals surface area contributed by atoms with Gasteiger partial charge in [-0.3, -0.25) is 0 Å². The molecular formula is C9H11ClF3N5O. The fourth-order valence-corrected chi connectivity index (χ4v) is 1.89. The third kappa shape index (κ3) is 2.66. The fraction of sp³-hybridized carbons (Fsp3) is 0.667. The molecule has 2 rings (SSSR count). The van der Waals surface area contributed by atoms with Gasteiger partial charge in [-0.1, -0.05) is 11.6 Å². The third-order valence-electron chi connectivity index (χ3n) is 3.06. The summed E-state index contributed by atoms with van der Waals surface area (Å²) in [4.78, 5) is 5.31. The summed E-state index contributed by atoms with van der Waals surface area (Å²) in [7, 11) is 0. The first-order valence-corrected chi connectivity index (χ1v) is 5.80. The summed E-state index contributed by atoms with van der Waals surface area (Å²) in [5.74, 6) is 0.0643. The Balaban J connectivity index is 2.10. The summed E-state index contributed by atoms with van der Waals surface area (Å²) in [5, 5.41) is 16.7. The summed E-state index contributed by atoms with van der Waals surface area (Å²) in [6.07, 6.45) is -5.55. The lowest BCUT2D eigenvalue weighted by Crippen LogP contribution is -2.53. The van der Waals surface area contributed by atoms with Crippen molar-refractivity contribution >= 4 is 23.4 Å². The average Bonchev–Trinajstić information content (AvgIpc) is 2.32. The van der Waals surface area contributed by atoms with Crippen molar-refractivity contribution in [2.45, 2.75) is 24.6 Å². The molecule has 10 heteroatoms. The van der Waals surface area contributed by atoms with Crippen LogP contribution in [0, 0.1) is 0 Å². The maximum Gasteiger partial charge on any atom is 0.417 e. The molecule has 1 fully saturated rings. The van der Waals surface area contributed by atoms with E-state index in [0.29, 0.717) is 0 Å². The number of piperidine rings is 1. The van der Waals surface area contributed by atoms with E-state index in [1.807, 2.05) is 0 Å². The molecule has 0 atom stereocenters. The standard InChI is InChI=1S/C9H11ClF3N5O/c10-5-6(14)15-7(17-16-5)18-3-1-8(19,2-4-18)9(11,12)13/h19H,1-4H2,(H2,14,15,17). The fourth-order valence-electron chi connectivity index (χ4n) is 1.81. The van der Waals surface area contributed by atoms with Crippen molar-refractivity contribution in [2.24, 2.45) is 0 Å². The number of halogens is 4. The normalized spacial score (nSPS) is 19.5. The molecule has 2 heterocycles. The van der Waals surface area contributed by atoms with Crippen LogP contribution in [-0.4, -0.2) is 45.2 Å². The van der Waals surface area contributed by atoms with Crippen LogP contribution >= 0.6 is 11.6 Å². The minimum Gasteiger partial charge on any atom is -0.381 e. The van der Waals surface area contributed by atoms with Crippen LogP contribution in [0.5, 0.6) is 0 Å². The Morgan fingerprint density at radius 2 is 1.84 bits per heavy atom. The molecule has 0 bridgehead atoms. The first kappa shape index (κ1) is 14.1. The lowest BCUT2D eigenvalue weighted by molar-refractivity contribution is -0.266. The topological polar surface area (TPSA) is 88.2 Å². The Labute approximate surface area is 111 Å². The van der Waals surface area contributed by atoms with Crippen LogP contribution in [-0.2, 0) is 0 Å². The molecule has 19 heavy (non-hydrogen) atoms. The monoisotopic (exact) mass is 297 g/mol. The van der Waals surface area contributed by atoms with Gasteiger partial charge in [-0.15, -0.1) is 10.2 Å². The number of nitrogens with two attached hydrogens (primary N) is 1. The predicted octanol–water partition coefficient (Wildman–Crippen LogP) is 1.00. The van der Waals surface area contributed by atoms with E-state index in [9.17, 15) is 18.3 Å². The van der Waals surface area contributed by atoms with Crippen molar-refractivity contribution in [3.8, 4) is 0 Å². The van der Waals surface area contributed by atoms with Crippen molar-refractivity contribution in [2.75, 3.05) is 23.7 Å². The number of nitrogens with zero attached hydrogens (tertiary/aromatic N) is 4. The molecule has 0 radical (unpaired) electrons. The van der Waals surface area contributed by atoms with Gasteiger partial charge < -0.3 is 15.7 Å². The molecule has 1 aliphatic heterocycles. The second-order valence-electron chi connectivity index (χ2n) is 4.30. The Kier molecular flexibility index (Phi) is 3.43. The molecule has 0 aliphatic carbocycles. The highest BCUT2D eigenvalue weighted by molar-refractivity contribution is 6.31. The van der Waals surface area contributed by atoms with Gasteiger partial charge in [0.1, 0.15) is 0 Å². The quantitative estimate of drug-likeness (QED) is 0.804. The first-order chi connectivity index (χ1) is 8.73. The van der Waals surface area contributed by atoms with Crippen molar-refractivity contribution in [3.63, 3.8) is 0 Å². The maximum atomic E-state index is 12.6. The van der Waals surface area contributed by atoms with Gasteiger partial charge in [-0.05, 0) is 0 Å². The van der Waals surface area contributed by atoms with Crippen molar-refractivity contribution < 1.29 is 18.3 Å². The van der Waals surface area contributed by atoms with E-state index >= 15 is 0 Å². The lowest BCUT2D eigenvalue weighted by Gasteiger charge is -2.38. The molecule has 0 spiro atoms. The maximum absolute atomic E-state index is 12.6. The average molecular weight is 298 g/mol. The molecule has 0 aromatic carbocycles. The van der Waals surface area contributed by atoms with Gasteiger partial charge in [0.2, 0.25) is 5.95 Å². The zero-order valence-electron chi connectivity index (χ0n) is 9.65. The molecule has 0 unspecified atom stereocenters. The summed E-state index contributed by atoms with van der Waals surface area (Å²) < 4.78 is 37.9. The summed E-state index contributed by atoms with van der Waals surface area (Å²) in [5.41, 5.74) is 2.79. The zero-order valence-corrected chi connectivity index (χ0v) is 10.4. The molecule has 1 aromatic rings. The summed E-state index contributed by atoms with van der Waals surface area (Å²) in [6.45, 7) is -0.0858. The van der Waals surface area contributed by atoms with Gasteiger partial charge in [0.15, 0.2) is 16.6 Å². The second kappa shape index (κ2) is 4.64. The first-order valence-electron chi connectivity index (χ1n) is 5.43. The second-order valence-corrected chi connectivity index (χ2v) is 4.66. The highest BCUT2D eigenvalue weighted by Gasteiger charge is 2.54. The molecule has 1 aliphatic rings. The molecule has 0 saturated carbocycles. The van der Waals surface area contributed by atoms with Crippen molar-refractivity contribution in [1.29, 1.82) is 0 Å². The number of aromatic nitrogens is 3. The third-order valence-corrected chi connectivity index (χ3v) is 3.33. The van der Waals surface area contributed by atoms with E-state index in [1.165, 1.54) is 4.90 Å². The number of rotatable bonds is 1. The van der Waals surface area contributed by atoms with E-state index in [4.69, 9.17) is 17.3 Å². The van der Waals surface area contributed by atoms with E-state index in [0.717, 1.165) is 0 Å². The number of aliphatic hydroxyl groups is 1. The Morgan fingerprint density at radius 1 is 1.26 bits per heavy atom. The van der Waals surface area contributed by atoms with E-state index < -0.39 is 24.6 Å². The van der Waals surface area contributed by atoms with E-state index in [-0.39, 0.29) is 30.0 Å². The van der Waals surface area contributed by atoms with Gasteiger partial charge in [0.25, 0.3) is 0 Å². The Hall–Kier alpha value is -1.35. The van der Waals surface area contributed by atoms with Crippen LogP contribution in [0.25, 0.3) is 0 Å². The Morgan fingerprint density at radius 3 is 2.32 bits per heavy atom.